The molecule has 11 rings (SSSR count). The topological polar surface area (TPSA) is 81.5 Å². The summed E-state index contributed by atoms with van der Waals surface area (Å²) < 4.78 is 18.8. The first-order chi connectivity index (χ1) is 32.1. The Morgan fingerprint density at radius 2 is 0.864 bits per heavy atom. The smallest absolute Gasteiger partial charge is 0.309 e. The molecule has 0 saturated heterocycles. The zero-order chi connectivity index (χ0) is 45.0. The van der Waals surface area contributed by atoms with Crippen LogP contribution in [0.1, 0.15) is 34.1 Å². The summed E-state index contributed by atoms with van der Waals surface area (Å²) in [7, 11) is 0.313. The molecule has 66 heavy (non-hydrogen) atoms. The van der Waals surface area contributed by atoms with Crippen molar-refractivity contribution in [3.8, 4) is 67.0 Å². The number of fused-ring (bicyclic) bond motifs is 6. The van der Waals surface area contributed by atoms with Gasteiger partial charge in [-0.2, -0.15) is 0 Å². The normalized spacial score (nSPS) is 12.9. The van der Waals surface area contributed by atoms with Crippen LogP contribution in [0.25, 0.3) is 111 Å². The number of furan rings is 2. The molecule has 1 atom stereocenters. The molecule has 4 aromatic heterocycles. The quantitative estimate of drug-likeness (QED) is 0.131. The second-order valence-corrected chi connectivity index (χ2v) is 17.9. The number of para-hydroxylation sites is 2. The van der Waals surface area contributed by atoms with E-state index in [2.05, 4.69) is 127 Å². The molecule has 0 spiro atoms. The molecule has 0 bridgehead atoms. The fourth-order valence-electron chi connectivity index (χ4n) is 9.12. The highest BCUT2D eigenvalue weighted by Crippen LogP contribution is 2.39. The summed E-state index contributed by atoms with van der Waals surface area (Å²) in [5, 5.41) is 15.7. The highest BCUT2D eigenvalue weighted by atomic mass is 16.5. The van der Waals surface area contributed by atoms with Crippen LogP contribution in [-0.2, 0) is 4.65 Å². The average molecular weight is 859 g/mol. The number of nitrogens with zero attached hydrogens (tertiary/aromatic N) is 2. The lowest BCUT2D eigenvalue weighted by atomic mass is 9.78. The van der Waals surface area contributed by atoms with E-state index in [1.165, 1.54) is 0 Å². The predicted molar refractivity (Wildman–Crippen MR) is 272 cm³/mol. The van der Waals surface area contributed by atoms with Crippen LogP contribution >= 0.6 is 0 Å². The van der Waals surface area contributed by atoms with E-state index >= 15 is 0 Å². The standard InChI is InChI=1S/C59H47BN2O4/c1-5-59(4,63)58(2,3)66-60-43-31-41(46-16-8-6-14-44(46)39-22-26-52(61-35-39)37-24-28-56-50(33-37)48-18-10-12-20-54(48)64-56)30-42(32-43)47-17-9-7-15-45(47)40-23-27-53(62-36-40)38-25-29-57-51(34-38)49-19-11-13-21-55(49)65-57/h6-36,60,63H,5H2,1-4H3. The van der Waals surface area contributed by atoms with Gasteiger partial charge in [0, 0.05) is 56.2 Å². The lowest BCUT2D eigenvalue weighted by Crippen LogP contribution is -2.51. The van der Waals surface area contributed by atoms with Crippen LogP contribution in [0.3, 0.4) is 0 Å². The van der Waals surface area contributed by atoms with Gasteiger partial charge in [0.25, 0.3) is 0 Å². The van der Waals surface area contributed by atoms with Crippen molar-refractivity contribution >= 4 is 56.8 Å². The van der Waals surface area contributed by atoms with Crippen molar-refractivity contribution < 1.29 is 18.6 Å². The number of benzene rings is 7. The van der Waals surface area contributed by atoms with Crippen molar-refractivity contribution in [3.05, 3.63) is 188 Å². The Morgan fingerprint density at radius 3 is 1.30 bits per heavy atom. The van der Waals surface area contributed by atoms with Gasteiger partial charge in [-0.15, -0.1) is 0 Å². The van der Waals surface area contributed by atoms with E-state index in [1.54, 1.807) is 0 Å². The molecule has 1 N–H and O–H groups in total. The van der Waals surface area contributed by atoms with Crippen LogP contribution in [0, 0.1) is 0 Å². The molecule has 7 heteroatoms. The van der Waals surface area contributed by atoms with Crippen LogP contribution in [0.5, 0.6) is 0 Å². The number of aliphatic hydroxyl groups is 1. The summed E-state index contributed by atoms with van der Waals surface area (Å²) in [5.41, 5.74) is 14.9. The van der Waals surface area contributed by atoms with Crippen LogP contribution in [0.15, 0.2) is 197 Å². The molecule has 0 amide bonds. The second-order valence-electron chi connectivity index (χ2n) is 17.9. The van der Waals surface area contributed by atoms with Crippen LogP contribution < -0.4 is 5.46 Å². The molecule has 7 aromatic carbocycles. The molecule has 1 unspecified atom stereocenters. The van der Waals surface area contributed by atoms with Gasteiger partial charge < -0.3 is 18.6 Å². The molecule has 0 saturated carbocycles. The third-order valence-corrected chi connectivity index (χ3v) is 13.5. The van der Waals surface area contributed by atoms with Crippen LogP contribution in [0.2, 0.25) is 0 Å². The zero-order valence-electron chi connectivity index (χ0n) is 37.4. The Kier molecular flexibility index (Phi) is 10.3. The third-order valence-electron chi connectivity index (χ3n) is 13.5. The molecule has 320 valence electrons. The molecule has 0 radical (unpaired) electrons. The minimum atomic E-state index is -1.01. The second kappa shape index (κ2) is 16.4. The van der Waals surface area contributed by atoms with Gasteiger partial charge in [-0.3, -0.25) is 9.97 Å². The largest absolute Gasteiger partial charge is 0.456 e. The van der Waals surface area contributed by atoms with Gasteiger partial charge in [0.05, 0.1) is 22.6 Å². The predicted octanol–water partition coefficient (Wildman–Crippen LogP) is 14.2. The van der Waals surface area contributed by atoms with E-state index in [0.29, 0.717) is 13.9 Å². The molecular formula is C59H47BN2O4. The average Bonchev–Trinajstić information content (AvgIpc) is 3.93. The van der Waals surface area contributed by atoms with E-state index in [-0.39, 0.29) is 0 Å². The summed E-state index contributed by atoms with van der Waals surface area (Å²) in [6.45, 7) is 7.75. The summed E-state index contributed by atoms with van der Waals surface area (Å²) >= 11 is 0. The van der Waals surface area contributed by atoms with Crippen molar-refractivity contribution in [2.45, 2.75) is 45.3 Å². The number of rotatable bonds is 11. The van der Waals surface area contributed by atoms with Gasteiger partial charge in [-0.1, -0.05) is 122 Å². The van der Waals surface area contributed by atoms with Gasteiger partial charge in [0.15, 0.2) is 0 Å². The highest BCUT2D eigenvalue weighted by molar-refractivity contribution is 6.47. The Balaban J connectivity index is 0.962. The number of hydrogen-bond donors (Lipinski definition) is 1. The Hall–Kier alpha value is -7.58. The van der Waals surface area contributed by atoms with Gasteiger partial charge in [0.2, 0.25) is 0 Å². The number of pyridine rings is 2. The van der Waals surface area contributed by atoms with E-state index in [1.807, 2.05) is 88.6 Å². The zero-order valence-corrected chi connectivity index (χ0v) is 37.4. The maximum atomic E-state index is 11.3. The van der Waals surface area contributed by atoms with Gasteiger partial charge >= 0.3 is 7.48 Å². The van der Waals surface area contributed by atoms with E-state index in [9.17, 15) is 5.11 Å². The van der Waals surface area contributed by atoms with Gasteiger partial charge in [-0.25, -0.2) is 0 Å². The van der Waals surface area contributed by atoms with E-state index < -0.39 is 11.2 Å². The minimum Gasteiger partial charge on any atom is -0.456 e. The van der Waals surface area contributed by atoms with Crippen LogP contribution in [0.4, 0.5) is 0 Å². The van der Waals surface area contributed by atoms with Crippen molar-refractivity contribution in [3.63, 3.8) is 0 Å². The molecule has 0 aliphatic carbocycles. The van der Waals surface area contributed by atoms with Crippen molar-refractivity contribution in [1.82, 2.24) is 9.97 Å². The molecule has 0 fully saturated rings. The summed E-state index contributed by atoms with van der Waals surface area (Å²) in [6, 6.07) is 61.0. The molecule has 0 aliphatic rings. The van der Waals surface area contributed by atoms with Crippen molar-refractivity contribution in [2.75, 3.05) is 0 Å². The Bertz CT molecular complexity index is 3370. The first-order valence-electron chi connectivity index (χ1n) is 22.6. The molecular weight excluding hydrogens is 811 g/mol. The maximum absolute atomic E-state index is 11.3. The molecule has 11 aromatic rings. The summed E-state index contributed by atoms with van der Waals surface area (Å²) in [5.74, 6) is 0. The van der Waals surface area contributed by atoms with Gasteiger partial charge in [-0.05, 0) is 127 Å². The Morgan fingerprint density at radius 1 is 0.455 bits per heavy atom. The van der Waals surface area contributed by atoms with Crippen molar-refractivity contribution in [1.29, 1.82) is 0 Å². The summed E-state index contributed by atoms with van der Waals surface area (Å²) in [6.07, 6.45) is 4.50. The SMILES string of the molecule is CCC(C)(O)C(C)(C)OBc1cc(-c2ccccc2-c2ccc(-c3ccc4oc5ccccc5c4c3)nc2)cc(-c2ccccc2-c2ccc(-c3ccc4oc5ccccc5c4c3)nc2)c1. The lowest BCUT2D eigenvalue weighted by molar-refractivity contribution is -0.104. The molecule has 0 aliphatic heterocycles. The highest BCUT2D eigenvalue weighted by Gasteiger charge is 2.38. The minimum absolute atomic E-state index is 0.313. The van der Waals surface area contributed by atoms with Gasteiger partial charge in [0.1, 0.15) is 22.3 Å². The van der Waals surface area contributed by atoms with Crippen LogP contribution in [-0.4, -0.2) is 33.8 Å². The Labute approximate surface area is 384 Å². The molecule has 6 nitrogen and oxygen atoms in total. The summed E-state index contributed by atoms with van der Waals surface area (Å²) in [4.78, 5) is 10.0. The van der Waals surface area contributed by atoms with E-state index in [4.69, 9.17) is 23.5 Å². The number of aromatic nitrogens is 2. The third kappa shape index (κ3) is 7.46. The number of hydrogen-bond acceptors (Lipinski definition) is 6. The maximum Gasteiger partial charge on any atom is 0.309 e. The fraction of sp³-hybridized carbons (Fsp3) is 0.119. The lowest BCUT2D eigenvalue weighted by Gasteiger charge is -2.40. The monoisotopic (exact) mass is 858 g/mol. The first kappa shape index (κ1) is 41.2. The first-order valence-corrected chi connectivity index (χ1v) is 22.6. The molecule has 4 heterocycles. The van der Waals surface area contributed by atoms with E-state index in [0.717, 1.165) is 116 Å². The fourth-order valence-corrected chi connectivity index (χ4v) is 9.12. The van der Waals surface area contributed by atoms with Crippen molar-refractivity contribution in [2.24, 2.45) is 0 Å².